The molecule has 0 unspecified atom stereocenters. The fraction of sp³-hybridized carbons (Fsp3) is 0.0588. The number of nitrogens with zero attached hydrogens (tertiary/aromatic N) is 1. The van der Waals surface area contributed by atoms with Crippen LogP contribution in [0.15, 0.2) is 53.3 Å². The van der Waals surface area contributed by atoms with Gasteiger partial charge in [0.15, 0.2) is 0 Å². The number of fused-ring (bicyclic) bond motifs is 2. The molecule has 0 fully saturated rings. The Morgan fingerprint density at radius 2 is 2.14 bits per heavy atom. The molecule has 1 aromatic carbocycles. The number of rotatable bonds is 3. The van der Waals surface area contributed by atoms with Gasteiger partial charge < -0.3 is 14.5 Å². The van der Waals surface area contributed by atoms with Crippen LogP contribution >= 0.6 is 0 Å². The monoisotopic (exact) mass is 292 g/mol. The van der Waals surface area contributed by atoms with Crippen molar-refractivity contribution in [2.75, 3.05) is 0 Å². The van der Waals surface area contributed by atoms with E-state index in [1.54, 1.807) is 6.26 Å². The molecular weight excluding hydrogens is 280 g/mol. The summed E-state index contributed by atoms with van der Waals surface area (Å²) in [4.78, 5) is 18.6. The zero-order chi connectivity index (χ0) is 15.1. The van der Waals surface area contributed by atoms with E-state index in [2.05, 4.69) is 9.97 Å². The molecule has 2 N–H and O–H groups in total. The summed E-state index contributed by atoms with van der Waals surface area (Å²) < 4.78 is 5.41. The summed E-state index contributed by atoms with van der Waals surface area (Å²) in [5, 5.41) is 10.3. The van der Waals surface area contributed by atoms with Crippen LogP contribution in [0.2, 0.25) is 0 Å². The molecule has 5 nitrogen and oxygen atoms in total. The molecule has 4 rings (SSSR count). The molecule has 0 aliphatic rings. The second-order valence-corrected chi connectivity index (χ2v) is 5.19. The average Bonchev–Trinajstić information content (AvgIpc) is 3.11. The zero-order valence-electron chi connectivity index (χ0n) is 11.5. The highest BCUT2D eigenvalue weighted by molar-refractivity contribution is 6.00. The van der Waals surface area contributed by atoms with E-state index in [4.69, 9.17) is 4.42 Å². The molecule has 0 saturated carbocycles. The average molecular weight is 292 g/mol. The van der Waals surface area contributed by atoms with Crippen LogP contribution in [0.3, 0.4) is 0 Å². The van der Waals surface area contributed by atoms with Crippen molar-refractivity contribution in [3.8, 4) is 0 Å². The van der Waals surface area contributed by atoms with Crippen LogP contribution in [0.4, 0.5) is 0 Å². The maximum Gasteiger partial charge on any atom is 0.337 e. The first-order valence-corrected chi connectivity index (χ1v) is 6.87. The molecule has 0 saturated heterocycles. The number of aromatic amines is 1. The number of carboxylic acids is 1. The van der Waals surface area contributed by atoms with Gasteiger partial charge in [-0.1, -0.05) is 12.1 Å². The summed E-state index contributed by atoms with van der Waals surface area (Å²) in [6, 6.07) is 11.3. The molecule has 0 aliphatic heterocycles. The Kier molecular flexibility index (Phi) is 2.72. The molecule has 0 spiro atoms. The lowest BCUT2D eigenvalue weighted by molar-refractivity contribution is 0.0698. The van der Waals surface area contributed by atoms with Gasteiger partial charge in [0.2, 0.25) is 0 Å². The molecule has 22 heavy (non-hydrogen) atoms. The topological polar surface area (TPSA) is 79.1 Å². The second-order valence-electron chi connectivity index (χ2n) is 5.19. The third-order valence-corrected chi connectivity index (χ3v) is 3.72. The Bertz CT molecular complexity index is 997. The first-order chi connectivity index (χ1) is 10.7. The van der Waals surface area contributed by atoms with Gasteiger partial charge in [-0.3, -0.25) is 4.98 Å². The van der Waals surface area contributed by atoms with Crippen LogP contribution in [0.25, 0.3) is 22.0 Å². The molecule has 3 aromatic heterocycles. The largest absolute Gasteiger partial charge is 0.478 e. The molecular formula is C17H12N2O3. The Morgan fingerprint density at radius 3 is 3.00 bits per heavy atom. The SMILES string of the molecule is O=C(O)c1ccnc2cc(Cc3ccc4ccoc4c3)[nH]c12. The van der Waals surface area contributed by atoms with Gasteiger partial charge in [0, 0.05) is 23.7 Å². The highest BCUT2D eigenvalue weighted by Crippen LogP contribution is 2.22. The van der Waals surface area contributed by atoms with Crippen LogP contribution in [-0.4, -0.2) is 21.0 Å². The lowest BCUT2D eigenvalue weighted by Gasteiger charge is -1.99. The number of aromatic carboxylic acids is 1. The number of H-pyrrole nitrogens is 1. The van der Waals surface area contributed by atoms with E-state index in [0.717, 1.165) is 22.2 Å². The van der Waals surface area contributed by atoms with Crippen LogP contribution in [-0.2, 0) is 6.42 Å². The molecule has 0 aliphatic carbocycles. The summed E-state index contributed by atoms with van der Waals surface area (Å²) in [5.74, 6) is -0.960. The van der Waals surface area contributed by atoms with E-state index in [0.29, 0.717) is 17.5 Å². The Labute approximate surface area is 125 Å². The number of furan rings is 1. The van der Waals surface area contributed by atoms with Crippen molar-refractivity contribution < 1.29 is 14.3 Å². The number of benzene rings is 1. The lowest BCUT2D eigenvalue weighted by Crippen LogP contribution is -1.97. The predicted octanol–water partition coefficient (Wildman–Crippen LogP) is 3.60. The summed E-state index contributed by atoms with van der Waals surface area (Å²) >= 11 is 0. The van der Waals surface area contributed by atoms with Crippen LogP contribution in [0, 0.1) is 0 Å². The quantitative estimate of drug-likeness (QED) is 0.604. The Hall–Kier alpha value is -3.08. The van der Waals surface area contributed by atoms with Crippen molar-refractivity contribution >= 4 is 28.0 Å². The molecule has 0 amide bonds. The highest BCUT2D eigenvalue weighted by Gasteiger charge is 2.12. The van der Waals surface area contributed by atoms with Crippen molar-refractivity contribution in [3.05, 3.63) is 65.7 Å². The van der Waals surface area contributed by atoms with E-state index in [-0.39, 0.29) is 5.56 Å². The maximum absolute atomic E-state index is 11.2. The highest BCUT2D eigenvalue weighted by atomic mass is 16.4. The van der Waals surface area contributed by atoms with Crippen molar-refractivity contribution in [3.63, 3.8) is 0 Å². The zero-order valence-corrected chi connectivity index (χ0v) is 11.5. The fourth-order valence-corrected chi connectivity index (χ4v) is 2.68. The maximum atomic E-state index is 11.2. The third-order valence-electron chi connectivity index (χ3n) is 3.72. The Balaban J connectivity index is 1.74. The van der Waals surface area contributed by atoms with Crippen molar-refractivity contribution in [1.82, 2.24) is 9.97 Å². The van der Waals surface area contributed by atoms with Gasteiger partial charge in [0.25, 0.3) is 0 Å². The van der Waals surface area contributed by atoms with E-state index in [1.807, 2.05) is 30.3 Å². The van der Waals surface area contributed by atoms with Gasteiger partial charge in [-0.05, 0) is 29.8 Å². The smallest absolute Gasteiger partial charge is 0.337 e. The molecule has 0 atom stereocenters. The van der Waals surface area contributed by atoms with E-state index in [1.165, 1.54) is 12.3 Å². The number of carbonyl (C=O) groups is 1. The fourth-order valence-electron chi connectivity index (χ4n) is 2.68. The normalized spacial score (nSPS) is 11.3. The standard InChI is InChI=1S/C17H12N2O3/c20-17(21)13-3-5-18-14-9-12(19-16(13)14)7-10-1-2-11-4-6-22-15(11)8-10/h1-6,8-9,19H,7H2,(H,20,21). The van der Waals surface area contributed by atoms with Crippen molar-refractivity contribution in [1.29, 1.82) is 0 Å². The van der Waals surface area contributed by atoms with E-state index >= 15 is 0 Å². The lowest BCUT2D eigenvalue weighted by atomic mass is 10.1. The number of hydrogen-bond donors (Lipinski definition) is 2. The minimum absolute atomic E-state index is 0.234. The molecule has 108 valence electrons. The van der Waals surface area contributed by atoms with E-state index < -0.39 is 5.97 Å². The molecule has 0 radical (unpaired) electrons. The van der Waals surface area contributed by atoms with E-state index in [9.17, 15) is 9.90 Å². The first kappa shape index (κ1) is 12.6. The number of hydrogen-bond acceptors (Lipinski definition) is 3. The summed E-state index contributed by atoms with van der Waals surface area (Å²) in [7, 11) is 0. The third kappa shape index (κ3) is 2.03. The molecule has 5 heteroatoms. The second kappa shape index (κ2) is 4.73. The van der Waals surface area contributed by atoms with Gasteiger partial charge >= 0.3 is 5.97 Å². The van der Waals surface area contributed by atoms with Gasteiger partial charge in [0.1, 0.15) is 5.58 Å². The Morgan fingerprint density at radius 1 is 1.23 bits per heavy atom. The van der Waals surface area contributed by atoms with Gasteiger partial charge in [-0.15, -0.1) is 0 Å². The number of pyridine rings is 1. The minimum Gasteiger partial charge on any atom is -0.478 e. The number of nitrogens with one attached hydrogen (secondary N) is 1. The molecule has 3 heterocycles. The van der Waals surface area contributed by atoms with Gasteiger partial charge in [0.05, 0.1) is 22.9 Å². The van der Waals surface area contributed by atoms with Crippen LogP contribution in [0.5, 0.6) is 0 Å². The summed E-state index contributed by atoms with van der Waals surface area (Å²) in [6.07, 6.45) is 3.84. The summed E-state index contributed by atoms with van der Waals surface area (Å²) in [6.45, 7) is 0. The molecule has 0 bridgehead atoms. The number of aromatic nitrogens is 2. The minimum atomic E-state index is -0.960. The molecule has 4 aromatic rings. The van der Waals surface area contributed by atoms with Crippen molar-refractivity contribution in [2.45, 2.75) is 6.42 Å². The van der Waals surface area contributed by atoms with Crippen molar-refractivity contribution in [2.24, 2.45) is 0 Å². The van der Waals surface area contributed by atoms with Crippen LogP contribution < -0.4 is 0 Å². The van der Waals surface area contributed by atoms with Gasteiger partial charge in [-0.2, -0.15) is 0 Å². The number of carboxylic acid groups (broad SMARTS) is 1. The summed E-state index contributed by atoms with van der Waals surface area (Å²) in [5.41, 5.74) is 4.31. The van der Waals surface area contributed by atoms with Gasteiger partial charge in [-0.25, -0.2) is 4.79 Å². The van der Waals surface area contributed by atoms with Crippen LogP contribution in [0.1, 0.15) is 21.6 Å². The first-order valence-electron chi connectivity index (χ1n) is 6.87. The predicted molar refractivity (Wildman–Crippen MR) is 82.1 cm³/mol.